The molecule has 0 atom stereocenters. The maximum atomic E-state index is 11.8. The van der Waals surface area contributed by atoms with Crippen molar-refractivity contribution in [2.24, 2.45) is 0 Å². The molecular weight excluding hydrogens is 222 g/mol. The zero-order valence-electron chi connectivity index (χ0n) is 9.06. The highest BCUT2D eigenvalue weighted by atomic mass is 32.2. The molecule has 1 aromatic rings. The lowest BCUT2D eigenvalue weighted by atomic mass is 10.3. The van der Waals surface area contributed by atoms with E-state index < -0.39 is 0 Å². The van der Waals surface area contributed by atoms with E-state index in [1.807, 2.05) is 23.1 Å². The molecule has 0 bridgehead atoms. The molecule has 1 aliphatic rings. The summed E-state index contributed by atoms with van der Waals surface area (Å²) in [5.74, 6) is 0.689. The van der Waals surface area contributed by atoms with Crippen LogP contribution in [0.1, 0.15) is 0 Å². The molecular formula is C11H15N3OS. The fourth-order valence-corrected chi connectivity index (χ4v) is 2.34. The minimum Gasteiger partial charge on any atom is -0.339 e. The molecule has 1 aromatic heterocycles. The lowest BCUT2D eigenvalue weighted by Gasteiger charge is -2.27. The molecule has 1 aliphatic heterocycles. The largest absolute Gasteiger partial charge is 0.339 e. The van der Waals surface area contributed by atoms with Gasteiger partial charge in [-0.25, -0.2) is 4.98 Å². The molecule has 0 radical (unpaired) electrons. The average Bonchev–Trinajstić information content (AvgIpc) is 2.38. The number of hydrogen-bond acceptors (Lipinski definition) is 4. The summed E-state index contributed by atoms with van der Waals surface area (Å²) in [6, 6.07) is 5.74. The van der Waals surface area contributed by atoms with Crippen molar-refractivity contribution >= 4 is 17.7 Å². The van der Waals surface area contributed by atoms with Crippen molar-refractivity contribution in [2.45, 2.75) is 5.03 Å². The van der Waals surface area contributed by atoms with Crippen molar-refractivity contribution in [3.05, 3.63) is 24.4 Å². The van der Waals surface area contributed by atoms with E-state index in [2.05, 4.69) is 10.3 Å². The van der Waals surface area contributed by atoms with Gasteiger partial charge in [0.1, 0.15) is 0 Å². The molecule has 0 saturated carbocycles. The van der Waals surface area contributed by atoms with Gasteiger partial charge in [-0.3, -0.25) is 4.79 Å². The molecule has 86 valence electrons. The van der Waals surface area contributed by atoms with Gasteiger partial charge < -0.3 is 10.2 Å². The first-order valence-corrected chi connectivity index (χ1v) is 6.37. The molecule has 0 unspecified atom stereocenters. The lowest BCUT2D eigenvalue weighted by Crippen LogP contribution is -2.47. The molecule has 1 amide bonds. The summed E-state index contributed by atoms with van der Waals surface area (Å²) in [4.78, 5) is 17.9. The summed E-state index contributed by atoms with van der Waals surface area (Å²) in [5.41, 5.74) is 0. The monoisotopic (exact) mass is 237 g/mol. The second kappa shape index (κ2) is 5.86. The molecule has 2 rings (SSSR count). The van der Waals surface area contributed by atoms with Crippen LogP contribution in [0.4, 0.5) is 0 Å². The van der Waals surface area contributed by atoms with Crippen molar-refractivity contribution in [1.29, 1.82) is 0 Å². The summed E-state index contributed by atoms with van der Waals surface area (Å²) < 4.78 is 0. The Balaban J connectivity index is 1.79. The molecule has 2 heterocycles. The van der Waals surface area contributed by atoms with E-state index in [4.69, 9.17) is 0 Å². The highest BCUT2D eigenvalue weighted by Crippen LogP contribution is 2.14. The van der Waals surface area contributed by atoms with E-state index >= 15 is 0 Å². The predicted molar refractivity (Wildman–Crippen MR) is 64.4 cm³/mol. The van der Waals surface area contributed by atoms with Gasteiger partial charge in [-0.15, -0.1) is 0 Å². The Hall–Kier alpha value is -1.07. The van der Waals surface area contributed by atoms with E-state index in [1.54, 1.807) is 6.20 Å². The quantitative estimate of drug-likeness (QED) is 0.782. The Labute approximate surface area is 99.4 Å². The molecule has 0 spiro atoms. The highest BCUT2D eigenvalue weighted by Gasteiger charge is 2.15. The summed E-state index contributed by atoms with van der Waals surface area (Å²) in [5, 5.41) is 4.14. The van der Waals surface area contributed by atoms with E-state index in [0.29, 0.717) is 5.75 Å². The van der Waals surface area contributed by atoms with Crippen LogP contribution < -0.4 is 5.32 Å². The Morgan fingerprint density at radius 1 is 1.44 bits per heavy atom. The number of hydrogen-bond donors (Lipinski definition) is 1. The maximum Gasteiger partial charge on any atom is 0.233 e. The number of carbonyl (C=O) groups is 1. The molecule has 5 heteroatoms. The second-order valence-electron chi connectivity index (χ2n) is 3.59. The fraction of sp³-hybridized carbons (Fsp3) is 0.455. The minimum atomic E-state index is 0.206. The van der Waals surface area contributed by atoms with Gasteiger partial charge in [-0.2, -0.15) is 0 Å². The number of piperazine rings is 1. The van der Waals surface area contributed by atoms with Crippen LogP contribution in [0.15, 0.2) is 29.4 Å². The highest BCUT2D eigenvalue weighted by molar-refractivity contribution is 7.99. The van der Waals surface area contributed by atoms with Gasteiger partial charge in [0.25, 0.3) is 0 Å². The molecule has 16 heavy (non-hydrogen) atoms. The van der Waals surface area contributed by atoms with Crippen molar-refractivity contribution < 1.29 is 4.79 Å². The van der Waals surface area contributed by atoms with Crippen molar-refractivity contribution in [3.63, 3.8) is 0 Å². The van der Waals surface area contributed by atoms with Gasteiger partial charge in [0.2, 0.25) is 5.91 Å². The van der Waals surface area contributed by atoms with Crippen LogP contribution in [0.5, 0.6) is 0 Å². The Morgan fingerprint density at radius 2 is 2.25 bits per heavy atom. The van der Waals surface area contributed by atoms with Crippen molar-refractivity contribution in [3.8, 4) is 0 Å². The molecule has 0 aromatic carbocycles. The number of amides is 1. The van der Waals surface area contributed by atoms with E-state index in [0.717, 1.165) is 31.2 Å². The normalized spacial score (nSPS) is 16.1. The molecule has 0 aliphatic carbocycles. The minimum absolute atomic E-state index is 0.206. The molecule has 1 fully saturated rings. The van der Waals surface area contributed by atoms with Gasteiger partial charge in [0.05, 0.1) is 10.8 Å². The molecule has 1 N–H and O–H groups in total. The lowest BCUT2D eigenvalue weighted by molar-refractivity contribution is -0.128. The number of aromatic nitrogens is 1. The van der Waals surface area contributed by atoms with Gasteiger partial charge in [0.15, 0.2) is 0 Å². The fourth-order valence-electron chi connectivity index (χ4n) is 1.57. The van der Waals surface area contributed by atoms with Crippen LogP contribution >= 0.6 is 11.8 Å². The summed E-state index contributed by atoms with van der Waals surface area (Å²) in [6.45, 7) is 3.45. The third-order valence-corrected chi connectivity index (χ3v) is 3.38. The zero-order chi connectivity index (χ0) is 11.2. The van der Waals surface area contributed by atoms with Crippen LogP contribution in [-0.4, -0.2) is 47.7 Å². The number of rotatable bonds is 3. The predicted octanol–water partition coefficient (Wildman–Crippen LogP) is 0.605. The van der Waals surface area contributed by atoms with Crippen LogP contribution in [0.2, 0.25) is 0 Å². The van der Waals surface area contributed by atoms with Gasteiger partial charge >= 0.3 is 0 Å². The SMILES string of the molecule is O=C(CSc1ccccn1)N1CCNCC1. The maximum absolute atomic E-state index is 11.8. The van der Waals surface area contributed by atoms with Gasteiger partial charge in [-0.1, -0.05) is 17.8 Å². The summed E-state index contributed by atoms with van der Waals surface area (Å²) in [7, 11) is 0. The van der Waals surface area contributed by atoms with E-state index in [-0.39, 0.29) is 5.91 Å². The van der Waals surface area contributed by atoms with Gasteiger partial charge in [0, 0.05) is 32.4 Å². The van der Waals surface area contributed by atoms with Gasteiger partial charge in [-0.05, 0) is 12.1 Å². The third-order valence-electron chi connectivity index (χ3n) is 2.45. The van der Waals surface area contributed by atoms with E-state index in [9.17, 15) is 4.79 Å². The van der Waals surface area contributed by atoms with Crippen molar-refractivity contribution in [2.75, 3.05) is 31.9 Å². The molecule has 1 saturated heterocycles. The number of pyridine rings is 1. The number of nitrogens with zero attached hydrogens (tertiary/aromatic N) is 2. The average molecular weight is 237 g/mol. The number of nitrogens with one attached hydrogen (secondary N) is 1. The third kappa shape index (κ3) is 3.21. The summed E-state index contributed by atoms with van der Waals surface area (Å²) in [6.07, 6.45) is 1.75. The first kappa shape index (κ1) is 11.4. The Kier molecular flexibility index (Phi) is 4.18. The van der Waals surface area contributed by atoms with Crippen LogP contribution in [0.25, 0.3) is 0 Å². The van der Waals surface area contributed by atoms with E-state index in [1.165, 1.54) is 11.8 Å². The molecule has 4 nitrogen and oxygen atoms in total. The summed E-state index contributed by atoms with van der Waals surface area (Å²) >= 11 is 1.50. The zero-order valence-corrected chi connectivity index (χ0v) is 9.87. The number of thioether (sulfide) groups is 1. The first-order chi connectivity index (χ1) is 7.86. The van der Waals surface area contributed by atoms with Crippen LogP contribution in [0, 0.1) is 0 Å². The standard InChI is InChI=1S/C11H15N3OS/c15-11(14-7-5-12-6-8-14)9-16-10-3-1-2-4-13-10/h1-4,12H,5-9H2. The van der Waals surface area contributed by atoms with Crippen LogP contribution in [-0.2, 0) is 4.79 Å². The smallest absolute Gasteiger partial charge is 0.233 e. The second-order valence-corrected chi connectivity index (χ2v) is 4.58. The van der Waals surface area contributed by atoms with Crippen molar-refractivity contribution in [1.82, 2.24) is 15.2 Å². The topological polar surface area (TPSA) is 45.2 Å². The Morgan fingerprint density at radius 3 is 2.94 bits per heavy atom. The van der Waals surface area contributed by atoms with Crippen LogP contribution in [0.3, 0.4) is 0 Å². The Bertz CT molecular complexity index is 338. The number of carbonyl (C=O) groups excluding carboxylic acids is 1. The first-order valence-electron chi connectivity index (χ1n) is 5.38.